The van der Waals surface area contributed by atoms with Crippen molar-refractivity contribution in [3.8, 4) is 23.0 Å². The minimum Gasteiger partial charge on any atom is -0.497 e. The number of rotatable bonds is 3. The molecule has 4 heteroatoms. The van der Waals surface area contributed by atoms with E-state index in [9.17, 15) is 0 Å². The number of hydrogen-bond donors (Lipinski definition) is 0. The summed E-state index contributed by atoms with van der Waals surface area (Å²) in [6, 6.07) is 9.89. The molecule has 0 atom stereocenters. The van der Waals surface area contributed by atoms with E-state index in [0.29, 0.717) is 6.61 Å². The van der Waals surface area contributed by atoms with E-state index in [0.717, 1.165) is 45.3 Å². The van der Waals surface area contributed by atoms with E-state index in [1.807, 2.05) is 44.2 Å². The Kier molecular flexibility index (Phi) is 3.91. The highest BCUT2D eigenvalue weighted by atomic mass is 16.5. The van der Waals surface area contributed by atoms with Gasteiger partial charge in [-0.05, 0) is 56.3 Å². The minimum absolute atomic E-state index is 0.315. The van der Waals surface area contributed by atoms with Gasteiger partial charge in [0, 0.05) is 22.8 Å². The van der Waals surface area contributed by atoms with Crippen molar-refractivity contribution >= 4 is 17.7 Å². The van der Waals surface area contributed by atoms with Crippen LogP contribution in [0.3, 0.4) is 0 Å². The predicted molar refractivity (Wildman–Crippen MR) is 103 cm³/mol. The Labute approximate surface area is 153 Å². The topological polar surface area (TPSA) is 36.9 Å². The third-order valence-corrected chi connectivity index (χ3v) is 4.66. The van der Waals surface area contributed by atoms with E-state index in [4.69, 9.17) is 18.9 Å². The van der Waals surface area contributed by atoms with E-state index in [1.54, 1.807) is 14.2 Å². The number of methoxy groups -OCH3 is 2. The van der Waals surface area contributed by atoms with E-state index in [2.05, 4.69) is 18.2 Å². The molecule has 2 aliphatic rings. The fourth-order valence-electron chi connectivity index (χ4n) is 3.33. The second-order valence-corrected chi connectivity index (χ2v) is 6.96. The lowest BCUT2D eigenvalue weighted by atomic mass is 9.94. The largest absolute Gasteiger partial charge is 0.497 e. The van der Waals surface area contributed by atoms with Gasteiger partial charge in [0.2, 0.25) is 0 Å². The number of ether oxygens (including phenoxy) is 4. The van der Waals surface area contributed by atoms with Gasteiger partial charge in [-0.3, -0.25) is 0 Å². The molecule has 2 heterocycles. The third-order valence-electron chi connectivity index (χ3n) is 4.66. The molecule has 0 aliphatic carbocycles. The molecule has 0 fully saturated rings. The maximum atomic E-state index is 6.05. The summed E-state index contributed by atoms with van der Waals surface area (Å²) in [7, 11) is 3.34. The summed E-state index contributed by atoms with van der Waals surface area (Å²) >= 11 is 0. The van der Waals surface area contributed by atoms with Crippen LogP contribution in [0.25, 0.3) is 17.7 Å². The van der Waals surface area contributed by atoms with Crippen LogP contribution in [-0.2, 0) is 0 Å². The zero-order valence-electron chi connectivity index (χ0n) is 15.5. The average molecular weight is 350 g/mol. The Morgan fingerprint density at radius 2 is 1.85 bits per heavy atom. The summed E-state index contributed by atoms with van der Waals surface area (Å²) in [6.45, 7) is 4.55. The number of hydrogen-bond acceptors (Lipinski definition) is 4. The molecule has 2 aromatic carbocycles. The normalized spacial score (nSPS) is 16.5. The van der Waals surface area contributed by atoms with Gasteiger partial charge in [0.25, 0.3) is 0 Å². The van der Waals surface area contributed by atoms with Gasteiger partial charge in [-0.1, -0.05) is 0 Å². The van der Waals surface area contributed by atoms with Crippen molar-refractivity contribution in [1.29, 1.82) is 0 Å². The van der Waals surface area contributed by atoms with E-state index >= 15 is 0 Å². The van der Waals surface area contributed by atoms with Gasteiger partial charge in [0.1, 0.15) is 35.2 Å². The fraction of sp³-hybridized carbons (Fsp3) is 0.273. The lowest BCUT2D eigenvalue weighted by Gasteiger charge is -2.29. The van der Waals surface area contributed by atoms with Gasteiger partial charge in [0.15, 0.2) is 0 Å². The van der Waals surface area contributed by atoms with Gasteiger partial charge in [0.05, 0.1) is 19.8 Å². The molecule has 2 aliphatic heterocycles. The zero-order chi connectivity index (χ0) is 18.3. The van der Waals surface area contributed by atoms with E-state index in [1.165, 1.54) is 0 Å². The molecule has 0 amide bonds. The van der Waals surface area contributed by atoms with Crippen LogP contribution >= 0.6 is 0 Å². The van der Waals surface area contributed by atoms with Crippen LogP contribution in [0.2, 0.25) is 0 Å². The SMILES string of the molecule is COc1ccc2c(c1)OCC(c1ccc3c(c1OC)C=CC(C)(C)O3)=C2. The van der Waals surface area contributed by atoms with Crippen LogP contribution in [0, 0.1) is 0 Å². The average Bonchev–Trinajstić information content (AvgIpc) is 2.65. The van der Waals surface area contributed by atoms with Crippen LogP contribution in [0.1, 0.15) is 30.5 Å². The number of fused-ring (bicyclic) bond motifs is 2. The number of benzene rings is 2. The summed E-state index contributed by atoms with van der Waals surface area (Å²) in [5.74, 6) is 3.26. The maximum Gasteiger partial charge on any atom is 0.137 e. The Bertz CT molecular complexity index is 922. The molecule has 0 spiro atoms. The zero-order valence-corrected chi connectivity index (χ0v) is 15.5. The second-order valence-electron chi connectivity index (χ2n) is 6.96. The van der Waals surface area contributed by atoms with E-state index in [-0.39, 0.29) is 5.60 Å². The maximum absolute atomic E-state index is 6.05. The molecule has 0 saturated heterocycles. The summed E-state index contributed by atoms with van der Waals surface area (Å²) in [5, 5.41) is 0. The molecule has 134 valence electrons. The van der Waals surface area contributed by atoms with E-state index < -0.39 is 0 Å². The Balaban J connectivity index is 1.78. The van der Waals surface area contributed by atoms with Crippen molar-refractivity contribution in [2.24, 2.45) is 0 Å². The van der Waals surface area contributed by atoms with Gasteiger partial charge in [-0.25, -0.2) is 0 Å². The molecule has 0 N–H and O–H groups in total. The first-order valence-electron chi connectivity index (χ1n) is 8.62. The van der Waals surface area contributed by atoms with Crippen molar-refractivity contribution in [3.05, 3.63) is 53.1 Å². The van der Waals surface area contributed by atoms with Crippen molar-refractivity contribution < 1.29 is 18.9 Å². The fourth-order valence-corrected chi connectivity index (χ4v) is 3.33. The molecule has 0 unspecified atom stereocenters. The monoisotopic (exact) mass is 350 g/mol. The first-order chi connectivity index (χ1) is 12.5. The van der Waals surface area contributed by atoms with Gasteiger partial charge < -0.3 is 18.9 Å². The van der Waals surface area contributed by atoms with Crippen molar-refractivity contribution in [2.45, 2.75) is 19.4 Å². The molecule has 0 saturated carbocycles. The van der Waals surface area contributed by atoms with Crippen LogP contribution in [0.5, 0.6) is 23.0 Å². The third kappa shape index (κ3) is 2.81. The summed E-state index contributed by atoms with van der Waals surface area (Å²) in [4.78, 5) is 0. The molecular formula is C22H22O4. The first-order valence-corrected chi connectivity index (χ1v) is 8.62. The van der Waals surface area contributed by atoms with Gasteiger partial charge in [-0.15, -0.1) is 0 Å². The van der Waals surface area contributed by atoms with Crippen LogP contribution in [0.4, 0.5) is 0 Å². The second kappa shape index (κ2) is 6.13. The highest BCUT2D eigenvalue weighted by Crippen LogP contribution is 2.43. The van der Waals surface area contributed by atoms with Crippen LogP contribution < -0.4 is 18.9 Å². The molecule has 0 aromatic heterocycles. The van der Waals surface area contributed by atoms with Crippen LogP contribution in [-0.4, -0.2) is 26.4 Å². The lowest BCUT2D eigenvalue weighted by molar-refractivity contribution is 0.158. The molecular weight excluding hydrogens is 328 g/mol. The molecule has 4 nitrogen and oxygen atoms in total. The quantitative estimate of drug-likeness (QED) is 0.795. The molecule has 4 rings (SSSR count). The van der Waals surface area contributed by atoms with Crippen molar-refractivity contribution in [1.82, 2.24) is 0 Å². The van der Waals surface area contributed by atoms with Crippen LogP contribution in [0.15, 0.2) is 36.4 Å². The standard InChI is InChI=1S/C22H22O4/c1-22(2)10-9-18-19(26-22)8-7-17(21(18)24-4)15-11-14-5-6-16(23-3)12-20(14)25-13-15/h5-12H,13H2,1-4H3. The molecule has 2 aromatic rings. The highest BCUT2D eigenvalue weighted by Gasteiger charge is 2.26. The molecule has 0 bridgehead atoms. The predicted octanol–water partition coefficient (Wildman–Crippen LogP) is 4.82. The lowest BCUT2D eigenvalue weighted by Crippen LogP contribution is -2.27. The Morgan fingerprint density at radius 3 is 2.62 bits per heavy atom. The summed E-state index contributed by atoms with van der Waals surface area (Å²) < 4.78 is 23.0. The Hall–Kier alpha value is -2.88. The summed E-state index contributed by atoms with van der Waals surface area (Å²) in [6.07, 6.45) is 6.26. The summed E-state index contributed by atoms with van der Waals surface area (Å²) in [5.41, 5.74) is 3.76. The molecule has 0 radical (unpaired) electrons. The highest BCUT2D eigenvalue weighted by molar-refractivity contribution is 5.90. The first kappa shape index (κ1) is 16.6. The van der Waals surface area contributed by atoms with Gasteiger partial charge in [-0.2, -0.15) is 0 Å². The minimum atomic E-state index is -0.315. The Morgan fingerprint density at radius 1 is 1.00 bits per heavy atom. The van der Waals surface area contributed by atoms with Crippen molar-refractivity contribution in [2.75, 3.05) is 20.8 Å². The molecule has 26 heavy (non-hydrogen) atoms. The van der Waals surface area contributed by atoms with Crippen molar-refractivity contribution in [3.63, 3.8) is 0 Å². The van der Waals surface area contributed by atoms with Gasteiger partial charge >= 0.3 is 0 Å². The smallest absolute Gasteiger partial charge is 0.137 e.